The van der Waals surface area contributed by atoms with Gasteiger partial charge in [-0.1, -0.05) is 106 Å². The number of hydrogen-bond acceptors (Lipinski definition) is 10. The Morgan fingerprint density at radius 3 is 1.60 bits per heavy atom. The lowest BCUT2D eigenvalue weighted by atomic mass is 10.2. The van der Waals surface area contributed by atoms with Gasteiger partial charge in [-0.2, -0.15) is 15.2 Å². The number of aromatic nitrogens is 6. The number of aliphatic hydroxyl groups is 2. The first-order valence-electron chi connectivity index (χ1n) is 16.9. The number of hydrogen-bond donors (Lipinski definition) is 3. The maximum atomic E-state index is 10.7. The molecule has 270 valence electrons. The highest BCUT2D eigenvalue weighted by Crippen LogP contribution is 2.15. The fraction of sp³-hybridized carbons (Fsp3) is 0.306. The van der Waals surface area contributed by atoms with Gasteiger partial charge in [-0.05, 0) is 25.6 Å². The lowest BCUT2D eigenvalue weighted by Crippen LogP contribution is -2.00. The van der Waals surface area contributed by atoms with Crippen molar-refractivity contribution >= 4 is 27.3 Å². The summed E-state index contributed by atoms with van der Waals surface area (Å²) in [5, 5.41) is 24.8. The summed E-state index contributed by atoms with van der Waals surface area (Å²) in [6, 6.07) is 28.6. The minimum atomic E-state index is -0.214. The molecule has 1 aliphatic rings. The SMILES string of the molecule is CCN.CCO.Cn1nc(-c2ccccc2)nc1C=O.Cn1nc(-c2ccccc2)nc1CO.O=C1COC(c2ccccc2)=N1.[2H]CC.[2H]CP. The minimum Gasteiger partial charge on any atom is -0.467 e. The van der Waals surface area contributed by atoms with Crippen molar-refractivity contribution in [2.45, 2.75) is 34.3 Å². The molecule has 5 aromatic rings. The van der Waals surface area contributed by atoms with Gasteiger partial charge in [0.05, 0.1) is 0 Å². The van der Waals surface area contributed by atoms with Crippen LogP contribution >= 0.6 is 9.24 Å². The zero-order valence-corrected chi connectivity index (χ0v) is 30.5. The Balaban J connectivity index is 0.000000652. The number of rotatable bonds is 5. The van der Waals surface area contributed by atoms with Crippen molar-refractivity contribution in [3.05, 3.63) is 108 Å². The largest absolute Gasteiger partial charge is 0.467 e. The fourth-order valence-corrected chi connectivity index (χ4v) is 3.51. The van der Waals surface area contributed by atoms with Crippen LogP contribution in [0.25, 0.3) is 22.8 Å². The van der Waals surface area contributed by atoms with Gasteiger partial charge in [0.2, 0.25) is 5.90 Å². The summed E-state index contributed by atoms with van der Waals surface area (Å²) in [6.07, 6.45) is 0.694. The number of aliphatic imine (C=N–C) groups is 1. The van der Waals surface area contributed by atoms with E-state index in [1.54, 1.807) is 32.6 Å². The van der Waals surface area contributed by atoms with Crippen molar-refractivity contribution in [2.24, 2.45) is 24.8 Å². The van der Waals surface area contributed by atoms with E-state index < -0.39 is 0 Å². The van der Waals surface area contributed by atoms with Crippen LogP contribution in [0, 0.1) is 0 Å². The average Bonchev–Trinajstić information content (AvgIpc) is 3.89. The zero-order chi connectivity index (χ0) is 39.1. The number of ether oxygens (including phenoxy) is 1. The number of aldehydes is 1. The zero-order valence-electron chi connectivity index (χ0n) is 31.4. The third-order valence-electron chi connectivity index (χ3n) is 5.54. The molecule has 0 aliphatic carbocycles. The van der Waals surface area contributed by atoms with E-state index in [0.29, 0.717) is 49.0 Å². The van der Waals surface area contributed by atoms with E-state index in [1.807, 2.05) is 97.9 Å². The molecular formula is C36H51N8O5P. The smallest absolute Gasteiger partial charge is 0.286 e. The van der Waals surface area contributed by atoms with E-state index in [9.17, 15) is 9.59 Å². The molecule has 1 aliphatic heterocycles. The van der Waals surface area contributed by atoms with Crippen LogP contribution in [0.4, 0.5) is 0 Å². The summed E-state index contributed by atoms with van der Waals surface area (Å²) >= 11 is 0. The molecule has 0 saturated carbocycles. The van der Waals surface area contributed by atoms with Crippen molar-refractivity contribution in [1.29, 1.82) is 0 Å². The Morgan fingerprint density at radius 2 is 1.26 bits per heavy atom. The van der Waals surface area contributed by atoms with Crippen molar-refractivity contribution < 1.29 is 27.3 Å². The second kappa shape index (κ2) is 28.0. The van der Waals surface area contributed by atoms with Crippen LogP contribution in [0.15, 0.2) is 96.0 Å². The topological polar surface area (TPSA) is 184 Å². The molecule has 14 heteroatoms. The van der Waals surface area contributed by atoms with E-state index in [-0.39, 0.29) is 25.7 Å². The maximum absolute atomic E-state index is 10.7. The molecule has 13 nitrogen and oxygen atoms in total. The molecule has 0 bridgehead atoms. The van der Waals surface area contributed by atoms with Crippen molar-refractivity contribution in [3.8, 4) is 22.8 Å². The molecule has 50 heavy (non-hydrogen) atoms. The van der Waals surface area contributed by atoms with Crippen LogP contribution in [-0.2, 0) is 30.2 Å². The highest BCUT2D eigenvalue weighted by molar-refractivity contribution is 7.15. The first-order chi connectivity index (χ1) is 25.1. The Morgan fingerprint density at radius 1 is 0.860 bits per heavy atom. The molecule has 0 fully saturated rings. The lowest BCUT2D eigenvalue weighted by Gasteiger charge is -1.97. The van der Waals surface area contributed by atoms with E-state index in [0.717, 1.165) is 23.2 Å². The molecular weight excluding hydrogens is 655 g/mol. The van der Waals surface area contributed by atoms with Crippen LogP contribution in [-0.4, -0.2) is 84.2 Å². The second-order valence-corrected chi connectivity index (χ2v) is 9.09. The summed E-state index contributed by atoms with van der Waals surface area (Å²) < 4.78 is 20.5. The maximum Gasteiger partial charge on any atom is 0.286 e. The van der Waals surface area contributed by atoms with Gasteiger partial charge in [-0.25, -0.2) is 14.6 Å². The number of aryl methyl sites for hydroxylation is 2. The second-order valence-electron chi connectivity index (χ2n) is 9.09. The molecule has 0 radical (unpaired) electrons. The van der Waals surface area contributed by atoms with Crippen LogP contribution in [0.1, 0.15) is 52.4 Å². The molecule has 4 N–H and O–H groups in total. The third-order valence-corrected chi connectivity index (χ3v) is 5.54. The van der Waals surface area contributed by atoms with E-state index >= 15 is 0 Å². The van der Waals surface area contributed by atoms with E-state index in [4.69, 9.17) is 23.4 Å². The summed E-state index contributed by atoms with van der Waals surface area (Å²) in [4.78, 5) is 33.3. The minimum absolute atomic E-state index is 0.0736. The summed E-state index contributed by atoms with van der Waals surface area (Å²) in [5.74, 6) is 2.36. The Labute approximate surface area is 300 Å². The molecule has 1 amide bonds. The molecule has 6 rings (SSSR count). The molecule has 2 aromatic heterocycles. The van der Waals surface area contributed by atoms with E-state index in [2.05, 4.69) is 34.4 Å². The molecule has 1 unspecified atom stereocenters. The first-order valence-corrected chi connectivity index (χ1v) is 16.3. The molecule has 1 atom stereocenters. The van der Waals surface area contributed by atoms with Crippen LogP contribution < -0.4 is 5.73 Å². The lowest BCUT2D eigenvalue weighted by molar-refractivity contribution is -0.118. The van der Waals surface area contributed by atoms with Crippen molar-refractivity contribution in [3.63, 3.8) is 0 Å². The van der Waals surface area contributed by atoms with Gasteiger partial charge >= 0.3 is 0 Å². The van der Waals surface area contributed by atoms with Gasteiger partial charge in [-0.15, -0.1) is 9.24 Å². The molecule has 3 heterocycles. The van der Waals surface area contributed by atoms with Crippen LogP contribution in [0.5, 0.6) is 0 Å². The van der Waals surface area contributed by atoms with Gasteiger partial charge < -0.3 is 20.7 Å². The van der Waals surface area contributed by atoms with Gasteiger partial charge in [-0.3, -0.25) is 14.3 Å². The summed E-state index contributed by atoms with van der Waals surface area (Å²) in [6.45, 7) is 7.28. The quantitative estimate of drug-likeness (QED) is 0.170. The Kier molecular flexibility index (Phi) is 23.1. The van der Waals surface area contributed by atoms with Crippen LogP contribution in [0.3, 0.4) is 0 Å². The first kappa shape index (κ1) is 41.2. The fourth-order valence-electron chi connectivity index (χ4n) is 3.51. The Hall–Kier alpha value is -4.94. The highest BCUT2D eigenvalue weighted by atomic mass is 31.0. The summed E-state index contributed by atoms with van der Waals surface area (Å²) in [7, 11) is 5.71. The molecule has 0 spiro atoms. The van der Waals surface area contributed by atoms with E-state index in [1.165, 1.54) is 4.68 Å². The predicted octanol–water partition coefficient (Wildman–Crippen LogP) is 4.74. The van der Waals surface area contributed by atoms with Gasteiger partial charge in [0.1, 0.15) is 6.61 Å². The van der Waals surface area contributed by atoms with Gasteiger partial charge in [0, 0.05) is 40.1 Å². The molecule has 3 aromatic carbocycles. The number of aliphatic hydroxyl groups excluding tert-OH is 2. The number of nitrogens with two attached hydrogens (primary N) is 1. The van der Waals surface area contributed by atoms with Gasteiger partial charge in [0.25, 0.3) is 5.91 Å². The van der Waals surface area contributed by atoms with Crippen molar-refractivity contribution in [2.75, 3.05) is 26.4 Å². The number of carbonyl (C=O) groups excluding carboxylic acids is 2. The third kappa shape index (κ3) is 16.4. The standard InChI is InChI=1S/C10H11N3O.C10H9N3O.C9H7NO2.C2H7N.C2H6O.C2H6.CH5P/c2*1-13-9(7-14)11-10(12-13)8-5-3-2-4-6-8;11-8-6-12-9(10-8)7-4-2-1-3-5-7;2*1-2-3;2*1-2/h2-6,14H,7H2,1H3;2-7H,1H3;1-5H,6H2;2-3H2,1H3;3H,2H2,1H3;1-2H3;2H2,1H3/i;;;;;2*1D. The van der Waals surface area contributed by atoms with Crippen molar-refractivity contribution in [1.82, 2.24) is 29.5 Å². The molecule has 0 saturated heterocycles. The normalized spacial score (nSPS) is 11.0. The van der Waals surface area contributed by atoms with Crippen LogP contribution in [0.2, 0.25) is 0 Å². The summed E-state index contributed by atoms with van der Waals surface area (Å²) in [5.41, 5.74) is 7.57. The number of carbonyl (C=O) groups is 2. The average molecular weight is 709 g/mol. The number of nitrogens with zero attached hydrogens (tertiary/aromatic N) is 7. The predicted molar refractivity (Wildman–Crippen MR) is 203 cm³/mol. The Bertz CT molecular complexity index is 1670. The number of benzene rings is 3. The van der Waals surface area contributed by atoms with Gasteiger partial charge in [0.15, 0.2) is 36.2 Å². The highest BCUT2D eigenvalue weighted by Gasteiger charge is 2.16. The number of amides is 1. The monoisotopic (exact) mass is 708 g/mol.